The van der Waals surface area contributed by atoms with Gasteiger partial charge in [0.15, 0.2) is 17.3 Å². The Kier molecular flexibility index (Phi) is 6.49. The Hall–Kier alpha value is -3.15. The molecule has 136 valence electrons. The number of carbonyl (C=O) groups is 1. The van der Waals surface area contributed by atoms with E-state index in [1.807, 2.05) is 13.8 Å². The van der Waals surface area contributed by atoms with Gasteiger partial charge in [0.2, 0.25) is 0 Å². The third-order valence-electron chi connectivity index (χ3n) is 3.53. The van der Waals surface area contributed by atoms with E-state index >= 15 is 0 Å². The molecule has 0 saturated carbocycles. The van der Waals surface area contributed by atoms with Crippen LogP contribution in [0.4, 0.5) is 5.69 Å². The molecular formula is C20H21NO5. The van der Waals surface area contributed by atoms with Crippen LogP contribution in [0.1, 0.15) is 29.8 Å². The smallest absolute Gasteiger partial charge is 0.270 e. The molecule has 0 saturated heterocycles. The molecule has 0 atom stereocenters. The van der Waals surface area contributed by atoms with Crippen LogP contribution in [0, 0.1) is 16.0 Å². The minimum absolute atomic E-state index is 0.113. The Balaban J connectivity index is 2.18. The molecule has 0 aliphatic rings. The Morgan fingerprint density at radius 3 is 2.62 bits per heavy atom. The van der Waals surface area contributed by atoms with Crippen molar-refractivity contribution in [3.8, 4) is 11.5 Å². The first-order chi connectivity index (χ1) is 12.4. The van der Waals surface area contributed by atoms with Crippen molar-refractivity contribution in [2.24, 2.45) is 5.92 Å². The van der Waals surface area contributed by atoms with Gasteiger partial charge in [-0.2, -0.15) is 0 Å². The number of rotatable bonds is 8. The van der Waals surface area contributed by atoms with Gasteiger partial charge in [0, 0.05) is 17.7 Å². The molecule has 0 bridgehead atoms. The maximum absolute atomic E-state index is 12.3. The number of nitrogens with zero attached hydrogens (tertiary/aromatic N) is 1. The quantitative estimate of drug-likeness (QED) is 0.301. The molecule has 0 spiro atoms. The van der Waals surface area contributed by atoms with Crippen LogP contribution in [0.15, 0.2) is 48.5 Å². The number of ketones is 1. The maximum Gasteiger partial charge on any atom is 0.270 e. The van der Waals surface area contributed by atoms with Crippen molar-refractivity contribution in [1.82, 2.24) is 0 Å². The number of methoxy groups -OCH3 is 1. The predicted molar refractivity (Wildman–Crippen MR) is 99.8 cm³/mol. The summed E-state index contributed by atoms with van der Waals surface area (Å²) >= 11 is 0. The first kappa shape index (κ1) is 19.2. The molecular weight excluding hydrogens is 334 g/mol. The van der Waals surface area contributed by atoms with Crippen LogP contribution >= 0.6 is 0 Å². The van der Waals surface area contributed by atoms with E-state index in [1.165, 1.54) is 24.3 Å². The summed E-state index contributed by atoms with van der Waals surface area (Å²) in [5, 5.41) is 10.8. The van der Waals surface area contributed by atoms with Gasteiger partial charge in [-0.25, -0.2) is 0 Å². The number of hydrogen-bond donors (Lipinski definition) is 0. The zero-order valence-electron chi connectivity index (χ0n) is 15.0. The van der Waals surface area contributed by atoms with E-state index < -0.39 is 4.92 Å². The van der Waals surface area contributed by atoms with E-state index in [0.717, 1.165) is 5.56 Å². The molecule has 26 heavy (non-hydrogen) atoms. The molecule has 6 heteroatoms. The number of nitro groups is 1. The predicted octanol–water partition coefficient (Wildman–Crippen LogP) is 4.53. The molecule has 0 aromatic heterocycles. The Labute approximate surface area is 152 Å². The molecule has 2 rings (SSSR count). The highest BCUT2D eigenvalue weighted by Gasteiger charge is 2.10. The SMILES string of the molecule is COc1ccc(/C=C/C(=O)c2cccc([N+](=O)[O-])c2)cc1OCC(C)C. The lowest BCUT2D eigenvalue weighted by Crippen LogP contribution is -2.05. The van der Waals surface area contributed by atoms with Gasteiger partial charge in [0.1, 0.15) is 0 Å². The van der Waals surface area contributed by atoms with Gasteiger partial charge in [-0.1, -0.05) is 38.1 Å². The average Bonchev–Trinajstić information content (AvgIpc) is 2.64. The molecule has 0 unspecified atom stereocenters. The van der Waals surface area contributed by atoms with Gasteiger partial charge in [0.25, 0.3) is 5.69 Å². The van der Waals surface area contributed by atoms with Gasteiger partial charge in [-0.15, -0.1) is 0 Å². The largest absolute Gasteiger partial charge is 0.493 e. The summed E-state index contributed by atoms with van der Waals surface area (Å²) in [5.41, 5.74) is 0.918. The highest BCUT2D eigenvalue weighted by atomic mass is 16.6. The van der Waals surface area contributed by atoms with Crippen molar-refractivity contribution in [3.63, 3.8) is 0 Å². The van der Waals surface area contributed by atoms with Crippen LogP contribution in [0.5, 0.6) is 11.5 Å². The number of allylic oxidation sites excluding steroid dienone is 1. The van der Waals surface area contributed by atoms with Gasteiger partial charge in [-0.3, -0.25) is 14.9 Å². The minimum Gasteiger partial charge on any atom is -0.493 e. The molecule has 2 aromatic rings. The van der Waals surface area contributed by atoms with Crippen molar-refractivity contribution in [3.05, 3.63) is 69.8 Å². The summed E-state index contributed by atoms with van der Waals surface area (Å²) in [4.78, 5) is 22.5. The fourth-order valence-corrected chi connectivity index (χ4v) is 2.21. The highest BCUT2D eigenvalue weighted by Crippen LogP contribution is 2.29. The minimum atomic E-state index is -0.525. The standard InChI is InChI=1S/C20H21NO5/c1-14(2)13-26-20-11-15(8-10-19(20)25-3)7-9-18(22)16-5-4-6-17(12-16)21(23)24/h4-12,14H,13H2,1-3H3/b9-7+. The summed E-state index contributed by atoms with van der Waals surface area (Å²) in [6, 6.07) is 11.0. The molecule has 0 amide bonds. The lowest BCUT2D eigenvalue weighted by molar-refractivity contribution is -0.384. The van der Waals surface area contributed by atoms with E-state index in [4.69, 9.17) is 9.47 Å². The van der Waals surface area contributed by atoms with E-state index in [2.05, 4.69) is 0 Å². The van der Waals surface area contributed by atoms with Crippen molar-refractivity contribution in [1.29, 1.82) is 0 Å². The molecule has 0 radical (unpaired) electrons. The van der Waals surface area contributed by atoms with E-state index in [1.54, 1.807) is 37.5 Å². The zero-order valence-corrected chi connectivity index (χ0v) is 15.0. The number of benzene rings is 2. The number of carbonyl (C=O) groups excluding carboxylic acids is 1. The molecule has 2 aromatic carbocycles. The first-order valence-corrected chi connectivity index (χ1v) is 8.18. The summed E-state index contributed by atoms with van der Waals surface area (Å²) in [6.45, 7) is 4.65. The average molecular weight is 355 g/mol. The van der Waals surface area contributed by atoms with Gasteiger partial charge >= 0.3 is 0 Å². The lowest BCUT2D eigenvalue weighted by atomic mass is 10.1. The Morgan fingerprint density at radius 1 is 1.19 bits per heavy atom. The van der Waals surface area contributed by atoms with Gasteiger partial charge < -0.3 is 9.47 Å². The lowest BCUT2D eigenvalue weighted by Gasteiger charge is -2.13. The first-order valence-electron chi connectivity index (χ1n) is 8.18. The molecule has 0 aliphatic carbocycles. The van der Waals surface area contributed by atoms with Crippen molar-refractivity contribution in [2.75, 3.05) is 13.7 Å². The number of ether oxygens (including phenoxy) is 2. The molecule has 6 nitrogen and oxygen atoms in total. The van der Waals surface area contributed by atoms with Crippen LogP contribution in [0.2, 0.25) is 0 Å². The second-order valence-electron chi connectivity index (χ2n) is 6.12. The van der Waals surface area contributed by atoms with Crippen LogP contribution in [-0.4, -0.2) is 24.4 Å². The summed E-state index contributed by atoms with van der Waals surface area (Å²) in [6.07, 6.45) is 3.02. The normalized spacial score (nSPS) is 10.9. The zero-order chi connectivity index (χ0) is 19.1. The fourth-order valence-electron chi connectivity index (χ4n) is 2.21. The Morgan fingerprint density at radius 2 is 1.96 bits per heavy atom. The van der Waals surface area contributed by atoms with Crippen LogP contribution in [-0.2, 0) is 0 Å². The monoisotopic (exact) mass is 355 g/mol. The van der Waals surface area contributed by atoms with Crippen LogP contribution in [0.25, 0.3) is 6.08 Å². The third kappa shape index (κ3) is 5.17. The maximum atomic E-state index is 12.3. The second-order valence-corrected chi connectivity index (χ2v) is 6.12. The number of hydrogen-bond acceptors (Lipinski definition) is 5. The summed E-state index contributed by atoms with van der Waals surface area (Å²) in [7, 11) is 1.57. The summed E-state index contributed by atoms with van der Waals surface area (Å²) in [5.74, 6) is 1.28. The van der Waals surface area contributed by atoms with E-state index in [-0.39, 0.29) is 17.0 Å². The summed E-state index contributed by atoms with van der Waals surface area (Å²) < 4.78 is 11.0. The highest BCUT2D eigenvalue weighted by molar-refractivity contribution is 6.07. The second kappa shape index (κ2) is 8.80. The fraction of sp³-hybridized carbons (Fsp3) is 0.250. The third-order valence-corrected chi connectivity index (χ3v) is 3.53. The van der Waals surface area contributed by atoms with Crippen molar-refractivity contribution < 1.29 is 19.2 Å². The van der Waals surface area contributed by atoms with Gasteiger partial charge in [-0.05, 0) is 29.7 Å². The van der Waals surface area contributed by atoms with Crippen LogP contribution < -0.4 is 9.47 Å². The van der Waals surface area contributed by atoms with E-state index in [0.29, 0.717) is 24.0 Å². The number of non-ortho nitro benzene ring substituents is 1. The van der Waals surface area contributed by atoms with Crippen molar-refractivity contribution in [2.45, 2.75) is 13.8 Å². The number of nitro benzene ring substituents is 1. The molecule has 0 N–H and O–H groups in total. The van der Waals surface area contributed by atoms with Gasteiger partial charge in [0.05, 0.1) is 18.6 Å². The van der Waals surface area contributed by atoms with Crippen LogP contribution in [0.3, 0.4) is 0 Å². The van der Waals surface area contributed by atoms with Crippen molar-refractivity contribution >= 4 is 17.5 Å². The Bertz CT molecular complexity index is 827. The molecule has 0 heterocycles. The topological polar surface area (TPSA) is 78.7 Å². The van der Waals surface area contributed by atoms with E-state index in [9.17, 15) is 14.9 Å². The molecule has 0 fully saturated rings. The molecule has 0 aliphatic heterocycles.